The summed E-state index contributed by atoms with van der Waals surface area (Å²) in [6.07, 6.45) is 5.07. The standard InChI is InChI=1S/C15H30N2O/c1-11(2)13(12(3)4)10-17-14(18)15(16)8-6-5-7-9-15/h11-13H,5-10,16H2,1-4H3,(H,17,18). The van der Waals surface area contributed by atoms with E-state index >= 15 is 0 Å². The van der Waals surface area contributed by atoms with Gasteiger partial charge in [-0.15, -0.1) is 0 Å². The number of carbonyl (C=O) groups is 1. The molecular weight excluding hydrogens is 224 g/mol. The molecule has 0 unspecified atom stereocenters. The Balaban J connectivity index is 2.48. The van der Waals surface area contributed by atoms with Gasteiger partial charge in [0.1, 0.15) is 0 Å². The third kappa shape index (κ3) is 3.98. The molecule has 0 atom stereocenters. The van der Waals surface area contributed by atoms with Crippen LogP contribution in [0.25, 0.3) is 0 Å². The molecule has 0 bridgehead atoms. The van der Waals surface area contributed by atoms with Crippen LogP contribution in [0, 0.1) is 17.8 Å². The summed E-state index contributed by atoms with van der Waals surface area (Å²) < 4.78 is 0. The zero-order valence-electron chi connectivity index (χ0n) is 12.5. The van der Waals surface area contributed by atoms with Crippen molar-refractivity contribution in [2.45, 2.75) is 65.3 Å². The molecule has 3 nitrogen and oxygen atoms in total. The molecule has 0 aromatic heterocycles. The fourth-order valence-electron chi connectivity index (χ4n) is 3.04. The van der Waals surface area contributed by atoms with Gasteiger partial charge in [0.25, 0.3) is 0 Å². The van der Waals surface area contributed by atoms with Gasteiger partial charge in [0, 0.05) is 6.54 Å². The Hall–Kier alpha value is -0.570. The van der Waals surface area contributed by atoms with E-state index in [9.17, 15) is 4.79 Å². The van der Waals surface area contributed by atoms with Crippen LogP contribution >= 0.6 is 0 Å². The first-order valence-corrected chi connectivity index (χ1v) is 7.44. The highest BCUT2D eigenvalue weighted by molar-refractivity contribution is 5.86. The predicted octanol–water partition coefficient (Wildman–Crippen LogP) is 2.69. The molecule has 1 saturated carbocycles. The Kier molecular flexibility index (Phi) is 5.64. The van der Waals surface area contributed by atoms with Crippen molar-refractivity contribution >= 4 is 5.91 Å². The van der Waals surface area contributed by atoms with Crippen LogP contribution in [0.4, 0.5) is 0 Å². The maximum Gasteiger partial charge on any atom is 0.240 e. The summed E-state index contributed by atoms with van der Waals surface area (Å²) in [6.45, 7) is 9.63. The van der Waals surface area contributed by atoms with Gasteiger partial charge in [0.05, 0.1) is 5.54 Å². The van der Waals surface area contributed by atoms with Crippen molar-refractivity contribution < 1.29 is 4.79 Å². The molecule has 3 heteroatoms. The predicted molar refractivity (Wildman–Crippen MR) is 76.2 cm³/mol. The number of nitrogens with two attached hydrogens (primary N) is 1. The van der Waals surface area contributed by atoms with E-state index in [0.29, 0.717) is 17.8 Å². The molecule has 0 saturated heterocycles. The van der Waals surface area contributed by atoms with E-state index in [1.54, 1.807) is 0 Å². The minimum atomic E-state index is -0.600. The second-order valence-electron chi connectivity index (χ2n) is 6.58. The van der Waals surface area contributed by atoms with E-state index in [2.05, 4.69) is 33.0 Å². The van der Waals surface area contributed by atoms with E-state index in [1.165, 1.54) is 6.42 Å². The molecule has 106 valence electrons. The third-order valence-corrected chi connectivity index (χ3v) is 4.41. The summed E-state index contributed by atoms with van der Waals surface area (Å²) >= 11 is 0. The zero-order valence-corrected chi connectivity index (χ0v) is 12.5. The summed E-state index contributed by atoms with van der Waals surface area (Å²) in [6, 6.07) is 0. The minimum Gasteiger partial charge on any atom is -0.354 e. The van der Waals surface area contributed by atoms with Crippen molar-refractivity contribution in [2.75, 3.05) is 6.54 Å². The summed E-state index contributed by atoms with van der Waals surface area (Å²) in [5.74, 6) is 1.77. The highest BCUT2D eigenvalue weighted by Gasteiger charge is 2.35. The normalized spacial score (nSPS) is 19.6. The van der Waals surface area contributed by atoms with Gasteiger partial charge < -0.3 is 11.1 Å². The molecule has 0 aromatic carbocycles. The molecule has 0 heterocycles. The summed E-state index contributed by atoms with van der Waals surface area (Å²) in [7, 11) is 0. The van der Waals surface area contributed by atoms with Crippen molar-refractivity contribution in [3.05, 3.63) is 0 Å². The van der Waals surface area contributed by atoms with Crippen LogP contribution in [0.15, 0.2) is 0 Å². The molecule has 0 aromatic rings. The van der Waals surface area contributed by atoms with Crippen LogP contribution in [0.5, 0.6) is 0 Å². The second-order valence-corrected chi connectivity index (χ2v) is 6.58. The largest absolute Gasteiger partial charge is 0.354 e. The van der Waals surface area contributed by atoms with Crippen LogP contribution in [0.3, 0.4) is 0 Å². The Morgan fingerprint density at radius 1 is 1.11 bits per heavy atom. The van der Waals surface area contributed by atoms with Crippen LogP contribution in [0.2, 0.25) is 0 Å². The highest BCUT2D eigenvalue weighted by Crippen LogP contribution is 2.26. The SMILES string of the molecule is CC(C)C(CNC(=O)C1(N)CCCCC1)C(C)C. The lowest BCUT2D eigenvalue weighted by Crippen LogP contribution is -2.56. The first-order valence-electron chi connectivity index (χ1n) is 7.44. The molecule has 0 radical (unpaired) electrons. The second kappa shape index (κ2) is 6.55. The molecule has 0 aliphatic heterocycles. The van der Waals surface area contributed by atoms with Gasteiger partial charge in [0.2, 0.25) is 5.91 Å². The number of carbonyl (C=O) groups excluding carboxylic acids is 1. The lowest BCUT2D eigenvalue weighted by Gasteiger charge is -2.33. The highest BCUT2D eigenvalue weighted by atomic mass is 16.2. The van der Waals surface area contributed by atoms with Crippen LogP contribution in [0.1, 0.15) is 59.8 Å². The fraction of sp³-hybridized carbons (Fsp3) is 0.933. The van der Waals surface area contributed by atoms with E-state index in [1.807, 2.05) is 0 Å². The van der Waals surface area contributed by atoms with Gasteiger partial charge in [0.15, 0.2) is 0 Å². The molecule has 1 fully saturated rings. The lowest BCUT2D eigenvalue weighted by atomic mass is 9.81. The van der Waals surface area contributed by atoms with Gasteiger partial charge in [-0.1, -0.05) is 47.0 Å². The van der Waals surface area contributed by atoms with Crippen LogP contribution in [-0.4, -0.2) is 18.0 Å². The average molecular weight is 254 g/mol. The fourth-order valence-corrected chi connectivity index (χ4v) is 3.04. The summed E-state index contributed by atoms with van der Waals surface area (Å²) in [5.41, 5.74) is 5.63. The van der Waals surface area contributed by atoms with Gasteiger partial charge in [-0.25, -0.2) is 0 Å². The molecule has 18 heavy (non-hydrogen) atoms. The number of amides is 1. The minimum absolute atomic E-state index is 0.0634. The third-order valence-electron chi connectivity index (χ3n) is 4.41. The van der Waals surface area contributed by atoms with Crippen molar-refractivity contribution in [3.8, 4) is 0 Å². The first kappa shape index (κ1) is 15.5. The molecule has 1 aliphatic rings. The van der Waals surface area contributed by atoms with Crippen molar-refractivity contribution in [1.29, 1.82) is 0 Å². The van der Waals surface area contributed by atoms with E-state index in [-0.39, 0.29) is 5.91 Å². The quantitative estimate of drug-likeness (QED) is 0.792. The van der Waals surface area contributed by atoms with Gasteiger partial charge >= 0.3 is 0 Å². The van der Waals surface area contributed by atoms with Crippen molar-refractivity contribution in [3.63, 3.8) is 0 Å². The lowest BCUT2D eigenvalue weighted by molar-refractivity contribution is -0.127. The Labute approximate surface area is 112 Å². The molecule has 1 aliphatic carbocycles. The van der Waals surface area contributed by atoms with Gasteiger partial charge in [-0.05, 0) is 30.6 Å². The van der Waals surface area contributed by atoms with Gasteiger partial charge in [-0.2, -0.15) is 0 Å². The van der Waals surface area contributed by atoms with Crippen molar-refractivity contribution in [1.82, 2.24) is 5.32 Å². The Morgan fingerprint density at radius 2 is 1.61 bits per heavy atom. The Morgan fingerprint density at radius 3 is 2.06 bits per heavy atom. The number of hydrogen-bond acceptors (Lipinski definition) is 2. The van der Waals surface area contributed by atoms with Gasteiger partial charge in [-0.3, -0.25) is 4.79 Å². The molecular formula is C15H30N2O. The smallest absolute Gasteiger partial charge is 0.240 e. The number of nitrogens with one attached hydrogen (secondary N) is 1. The molecule has 0 spiro atoms. The monoisotopic (exact) mass is 254 g/mol. The summed E-state index contributed by atoms with van der Waals surface area (Å²) in [5, 5.41) is 3.09. The maximum atomic E-state index is 12.2. The topological polar surface area (TPSA) is 55.1 Å². The first-order chi connectivity index (χ1) is 8.37. The maximum absolute atomic E-state index is 12.2. The average Bonchev–Trinajstić information content (AvgIpc) is 2.29. The van der Waals surface area contributed by atoms with E-state index < -0.39 is 5.54 Å². The number of rotatable bonds is 5. The zero-order chi connectivity index (χ0) is 13.8. The summed E-state index contributed by atoms with van der Waals surface area (Å²) in [4.78, 5) is 12.2. The molecule has 3 N–H and O–H groups in total. The van der Waals surface area contributed by atoms with E-state index in [4.69, 9.17) is 5.73 Å². The van der Waals surface area contributed by atoms with Crippen LogP contribution in [-0.2, 0) is 4.79 Å². The molecule has 1 rings (SSSR count). The molecule has 1 amide bonds. The van der Waals surface area contributed by atoms with Crippen LogP contribution < -0.4 is 11.1 Å². The number of hydrogen-bond donors (Lipinski definition) is 2. The van der Waals surface area contributed by atoms with Crippen molar-refractivity contribution in [2.24, 2.45) is 23.5 Å². The van der Waals surface area contributed by atoms with E-state index in [0.717, 1.165) is 32.2 Å². The Bertz CT molecular complexity index is 260.